The van der Waals surface area contributed by atoms with E-state index in [0.717, 1.165) is 49.9 Å². The number of urea groups is 2. The van der Waals surface area contributed by atoms with Crippen LogP contribution in [0.2, 0.25) is 0 Å². The van der Waals surface area contributed by atoms with Crippen LogP contribution in [-0.4, -0.2) is 102 Å². The van der Waals surface area contributed by atoms with E-state index in [4.69, 9.17) is 0 Å². The molecule has 0 aromatic heterocycles. The van der Waals surface area contributed by atoms with Gasteiger partial charge in [0.1, 0.15) is 6.04 Å². The Morgan fingerprint density at radius 3 is 1.74 bits per heavy atom. The second kappa shape index (κ2) is 19.2. The molecule has 9 nitrogen and oxygen atoms in total. The molecular weight excluding hydrogens is 576 g/mol. The highest BCUT2D eigenvalue weighted by atomic mass is 16.2. The summed E-state index contributed by atoms with van der Waals surface area (Å²) >= 11 is 0. The number of amides is 5. The van der Waals surface area contributed by atoms with Crippen molar-refractivity contribution >= 4 is 29.3 Å². The number of anilines is 2. The third kappa shape index (κ3) is 10.5. The van der Waals surface area contributed by atoms with Crippen molar-refractivity contribution in [1.82, 2.24) is 24.9 Å². The smallest absolute Gasteiger partial charge is 0.329 e. The predicted octanol–water partition coefficient (Wildman–Crippen LogP) is 6.97. The van der Waals surface area contributed by atoms with Crippen LogP contribution in [0.1, 0.15) is 80.1 Å². The Labute approximate surface area is 277 Å². The Morgan fingerprint density at radius 2 is 1.26 bits per heavy atom. The predicted molar refractivity (Wildman–Crippen MR) is 188 cm³/mol. The molecule has 5 amide bonds. The normalized spacial score (nSPS) is 15.0. The van der Waals surface area contributed by atoms with Crippen LogP contribution < -0.4 is 10.2 Å². The molecule has 1 aliphatic rings. The lowest BCUT2D eigenvalue weighted by Gasteiger charge is -2.43. The maximum Gasteiger partial charge on any atom is 0.329 e. The molecule has 0 spiro atoms. The van der Waals surface area contributed by atoms with Gasteiger partial charge in [0.2, 0.25) is 5.91 Å². The SMILES string of the molecule is CCCCCN(CCCCC)C(=O)N1CCN(C(=O)N(c2ccccc2)c2ccccc2)C(C(=O)NCCN(C(C)C)C(C)C)C1. The Balaban J connectivity index is 1.89. The van der Waals surface area contributed by atoms with Gasteiger partial charge in [0.25, 0.3) is 0 Å². The first-order chi connectivity index (χ1) is 22.2. The maximum absolute atomic E-state index is 14.5. The van der Waals surface area contributed by atoms with Crippen LogP contribution in [0.5, 0.6) is 0 Å². The summed E-state index contributed by atoms with van der Waals surface area (Å²) in [4.78, 5) is 51.8. The third-order valence-electron chi connectivity index (χ3n) is 8.75. The van der Waals surface area contributed by atoms with Crippen LogP contribution in [-0.2, 0) is 4.79 Å². The highest BCUT2D eigenvalue weighted by Crippen LogP contribution is 2.28. The lowest BCUT2D eigenvalue weighted by atomic mass is 10.1. The summed E-state index contributed by atoms with van der Waals surface area (Å²) in [6, 6.07) is 18.6. The van der Waals surface area contributed by atoms with Crippen molar-refractivity contribution in [2.24, 2.45) is 0 Å². The number of nitrogens with zero attached hydrogens (tertiary/aromatic N) is 5. The van der Waals surface area contributed by atoms with Gasteiger partial charge in [0.05, 0.1) is 17.9 Å². The number of hydrogen-bond donors (Lipinski definition) is 1. The Kier molecular flexibility index (Phi) is 15.4. The molecule has 3 rings (SSSR count). The fourth-order valence-corrected chi connectivity index (χ4v) is 6.21. The van der Waals surface area contributed by atoms with Crippen LogP contribution >= 0.6 is 0 Å². The van der Waals surface area contributed by atoms with Crippen molar-refractivity contribution in [3.63, 3.8) is 0 Å². The average Bonchev–Trinajstić information content (AvgIpc) is 3.06. The minimum Gasteiger partial charge on any atom is -0.353 e. The fraction of sp³-hybridized carbons (Fsp3) is 0.595. The lowest BCUT2D eigenvalue weighted by Crippen LogP contribution is -2.64. The Bertz CT molecular complexity index is 1130. The van der Waals surface area contributed by atoms with E-state index in [-0.39, 0.29) is 31.1 Å². The fourth-order valence-electron chi connectivity index (χ4n) is 6.21. The quantitative estimate of drug-likeness (QED) is 0.202. The van der Waals surface area contributed by atoms with Crippen molar-refractivity contribution in [3.8, 4) is 0 Å². The van der Waals surface area contributed by atoms with E-state index >= 15 is 0 Å². The third-order valence-corrected chi connectivity index (χ3v) is 8.75. The second-order valence-corrected chi connectivity index (χ2v) is 12.8. The average molecular weight is 635 g/mol. The Morgan fingerprint density at radius 1 is 0.739 bits per heavy atom. The van der Waals surface area contributed by atoms with Gasteiger partial charge < -0.3 is 20.0 Å². The topological polar surface area (TPSA) is 79.4 Å². The van der Waals surface area contributed by atoms with Crippen molar-refractivity contribution < 1.29 is 14.4 Å². The van der Waals surface area contributed by atoms with E-state index < -0.39 is 6.04 Å². The van der Waals surface area contributed by atoms with Gasteiger partial charge in [-0.1, -0.05) is 75.9 Å². The van der Waals surface area contributed by atoms with Crippen molar-refractivity contribution in [2.45, 2.75) is 98.2 Å². The molecule has 254 valence electrons. The number of para-hydroxylation sites is 2. The van der Waals surface area contributed by atoms with E-state index in [1.807, 2.05) is 65.6 Å². The van der Waals surface area contributed by atoms with Crippen molar-refractivity contribution in [2.75, 3.05) is 50.7 Å². The highest BCUT2D eigenvalue weighted by molar-refractivity contribution is 6.01. The van der Waals surface area contributed by atoms with Gasteiger partial charge in [-0.25, -0.2) is 9.59 Å². The van der Waals surface area contributed by atoms with E-state index in [1.54, 1.807) is 14.7 Å². The molecule has 2 aromatic rings. The number of rotatable bonds is 16. The molecule has 0 radical (unpaired) electrons. The van der Waals surface area contributed by atoms with E-state index in [2.05, 4.69) is 51.8 Å². The first kappa shape index (κ1) is 36.9. The highest BCUT2D eigenvalue weighted by Gasteiger charge is 2.40. The summed E-state index contributed by atoms with van der Waals surface area (Å²) < 4.78 is 0. The number of carbonyl (C=O) groups excluding carboxylic acids is 3. The first-order valence-electron chi connectivity index (χ1n) is 17.5. The minimum absolute atomic E-state index is 0.0362. The van der Waals surface area contributed by atoms with Gasteiger partial charge in [-0.15, -0.1) is 0 Å². The van der Waals surface area contributed by atoms with Crippen LogP contribution in [0.4, 0.5) is 21.0 Å². The number of hydrogen-bond acceptors (Lipinski definition) is 4. The number of piperazine rings is 1. The zero-order valence-electron chi connectivity index (χ0n) is 29.2. The van der Waals surface area contributed by atoms with Crippen LogP contribution in [0.3, 0.4) is 0 Å². The summed E-state index contributed by atoms with van der Waals surface area (Å²) in [5.41, 5.74) is 1.44. The molecule has 1 atom stereocenters. The van der Waals surface area contributed by atoms with Crippen molar-refractivity contribution in [1.29, 1.82) is 0 Å². The van der Waals surface area contributed by atoms with Gasteiger partial charge in [-0.2, -0.15) is 0 Å². The van der Waals surface area contributed by atoms with Crippen LogP contribution in [0.25, 0.3) is 0 Å². The monoisotopic (exact) mass is 634 g/mol. The molecular formula is C37H58N6O3. The molecule has 1 heterocycles. The van der Waals surface area contributed by atoms with Gasteiger partial charge in [-0.3, -0.25) is 14.6 Å². The Hall–Kier alpha value is -3.59. The lowest BCUT2D eigenvalue weighted by molar-refractivity contribution is -0.127. The summed E-state index contributed by atoms with van der Waals surface area (Å²) in [6.45, 7) is 16.3. The second-order valence-electron chi connectivity index (χ2n) is 12.8. The summed E-state index contributed by atoms with van der Waals surface area (Å²) in [5, 5.41) is 3.12. The van der Waals surface area contributed by atoms with E-state index in [1.165, 1.54) is 0 Å². The van der Waals surface area contributed by atoms with Gasteiger partial charge in [-0.05, 0) is 64.8 Å². The van der Waals surface area contributed by atoms with Crippen LogP contribution in [0, 0.1) is 0 Å². The zero-order chi connectivity index (χ0) is 33.5. The van der Waals surface area contributed by atoms with Gasteiger partial charge >= 0.3 is 12.1 Å². The molecule has 46 heavy (non-hydrogen) atoms. The summed E-state index contributed by atoms with van der Waals surface area (Å²) in [6.07, 6.45) is 6.24. The number of unbranched alkanes of at least 4 members (excludes halogenated alkanes) is 4. The molecule has 0 saturated carbocycles. The molecule has 1 unspecified atom stereocenters. The summed E-state index contributed by atoms with van der Waals surface area (Å²) in [7, 11) is 0. The van der Waals surface area contributed by atoms with Gasteiger partial charge in [0, 0.05) is 51.4 Å². The standard InChI is InChI=1S/C37H58N6O3/c1-7-9-17-24-39(25-18-10-8-2)36(45)40-27-28-42(34(29-40)35(44)38-23-26-41(30(3)4)31(5)6)37(46)43(32-19-13-11-14-20-32)33-21-15-12-16-22-33/h11-16,19-22,30-31,34H,7-10,17-18,23-29H2,1-6H3,(H,38,44). The molecule has 0 aliphatic carbocycles. The molecule has 1 N–H and O–H groups in total. The zero-order valence-corrected chi connectivity index (χ0v) is 29.2. The van der Waals surface area contributed by atoms with E-state index in [9.17, 15) is 14.4 Å². The summed E-state index contributed by atoms with van der Waals surface area (Å²) in [5.74, 6) is -0.233. The van der Waals surface area contributed by atoms with Crippen LogP contribution in [0.15, 0.2) is 60.7 Å². The van der Waals surface area contributed by atoms with E-state index in [0.29, 0.717) is 44.8 Å². The number of nitrogens with one attached hydrogen (secondary N) is 1. The molecule has 1 fully saturated rings. The van der Waals surface area contributed by atoms with Gasteiger partial charge in [0.15, 0.2) is 0 Å². The largest absolute Gasteiger partial charge is 0.353 e. The van der Waals surface area contributed by atoms with Crippen molar-refractivity contribution in [3.05, 3.63) is 60.7 Å². The maximum atomic E-state index is 14.5. The number of benzene rings is 2. The molecule has 2 aromatic carbocycles. The molecule has 1 aliphatic heterocycles. The minimum atomic E-state index is -0.820. The molecule has 1 saturated heterocycles. The number of carbonyl (C=O) groups is 3. The first-order valence-corrected chi connectivity index (χ1v) is 17.5. The molecule has 9 heteroatoms. The molecule has 0 bridgehead atoms.